The van der Waals surface area contributed by atoms with Gasteiger partial charge in [0.15, 0.2) is 5.58 Å². The zero-order valence-electron chi connectivity index (χ0n) is 16.3. The van der Waals surface area contributed by atoms with Gasteiger partial charge in [0.05, 0.1) is 0 Å². The van der Waals surface area contributed by atoms with E-state index >= 15 is 0 Å². The molecule has 7 nitrogen and oxygen atoms in total. The average Bonchev–Trinajstić information content (AvgIpc) is 3.15. The number of nitrogens with zero attached hydrogens (tertiary/aromatic N) is 2. The summed E-state index contributed by atoms with van der Waals surface area (Å²) in [7, 11) is 0. The minimum absolute atomic E-state index is 0.138. The Morgan fingerprint density at radius 1 is 1.14 bits per heavy atom. The van der Waals surface area contributed by atoms with Gasteiger partial charge in [-0.25, -0.2) is 4.98 Å². The van der Waals surface area contributed by atoms with Crippen molar-refractivity contribution in [3.05, 3.63) is 30.2 Å². The van der Waals surface area contributed by atoms with E-state index in [1.54, 1.807) is 24.3 Å². The van der Waals surface area contributed by atoms with E-state index in [0.717, 1.165) is 37.0 Å². The Morgan fingerprint density at radius 3 is 2.50 bits per heavy atom. The minimum Gasteiger partial charge on any atom is -0.432 e. The lowest BCUT2D eigenvalue weighted by atomic mass is 9.72. The maximum Gasteiger partial charge on any atom is 0.316 e. The monoisotopic (exact) mass is 385 g/mol. The van der Waals surface area contributed by atoms with Crippen LogP contribution >= 0.6 is 0 Å². The smallest absolute Gasteiger partial charge is 0.316 e. The van der Waals surface area contributed by atoms with Crippen molar-refractivity contribution < 1.29 is 18.8 Å². The van der Waals surface area contributed by atoms with Gasteiger partial charge in [-0.3, -0.25) is 19.3 Å². The number of aromatic nitrogens is 1. The molecule has 0 atom stereocenters. The Kier molecular flexibility index (Phi) is 6.11. The van der Waals surface area contributed by atoms with E-state index < -0.39 is 23.1 Å². The van der Waals surface area contributed by atoms with E-state index in [1.807, 2.05) is 6.92 Å². The number of primary amides is 1. The van der Waals surface area contributed by atoms with Crippen LogP contribution in [-0.2, 0) is 9.59 Å². The number of amides is 3. The van der Waals surface area contributed by atoms with Crippen LogP contribution < -0.4 is 5.73 Å². The first kappa shape index (κ1) is 20.0. The fourth-order valence-corrected chi connectivity index (χ4v) is 3.87. The van der Waals surface area contributed by atoms with Crippen LogP contribution in [0.1, 0.15) is 69.0 Å². The molecule has 28 heavy (non-hydrogen) atoms. The van der Waals surface area contributed by atoms with Crippen LogP contribution in [0, 0.1) is 5.41 Å². The maximum absolute atomic E-state index is 13.4. The van der Waals surface area contributed by atoms with E-state index in [9.17, 15) is 14.4 Å². The van der Waals surface area contributed by atoms with Gasteiger partial charge < -0.3 is 10.2 Å². The minimum atomic E-state index is -1.31. The van der Waals surface area contributed by atoms with Crippen LogP contribution in [0.5, 0.6) is 0 Å². The molecule has 0 unspecified atom stereocenters. The van der Waals surface area contributed by atoms with Crippen molar-refractivity contribution in [2.75, 3.05) is 6.54 Å². The highest BCUT2D eigenvalue weighted by atomic mass is 16.4. The van der Waals surface area contributed by atoms with E-state index in [1.165, 1.54) is 0 Å². The van der Waals surface area contributed by atoms with Crippen molar-refractivity contribution in [3.8, 4) is 0 Å². The van der Waals surface area contributed by atoms with Crippen molar-refractivity contribution >= 4 is 28.8 Å². The number of hydrogen-bond acceptors (Lipinski definition) is 5. The number of nitrogens with two attached hydrogens (primary N) is 1. The molecule has 0 saturated heterocycles. The Morgan fingerprint density at radius 2 is 1.86 bits per heavy atom. The molecular formula is C21H27N3O4. The van der Waals surface area contributed by atoms with Crippen molar-refractivity contribution in [2.45, 2.75) is 58.3 Å². The molecule has 1 heterocycles. The first-order chi connectivity index (χ1) is 13.5. The third-order valence-electron chi connectivity index (χ3n) is 5.54. The summed E-state index contributed by atoms with van der Waals surface area (Å²) >= 11 is 0. The maximum atomic E-state index is 13.4. The van der Waals surface area contributed by atoms with Crippen LogP contribution in [-0.4, -0.2) is 34.2 Å². The first-order valence-corrected chi connectivity index (χ1v) is 10.0. The van der Waals surface area contributed by atoms with Gasteiger partial charge in [0, 0.05) is 6.54 Å². The number of para-hydroxylation sites is 2. The molecule has 3 amide bonds. The third kappa shape index (κ3) is 3.79. The number of oxazole rings is 1. The fraction of sp³-hybridized carbons (Fsp3) is 0.524. The fourth-order valence-electron chi connectivity index (χ4n) is 3.87. The van der Waals surface area contributed by atoms with Crippen molar-refractivity contribution in [1.82, 2.24) is 9.88 Å². The van der Waals surface area contributed by atoms with Crippen molar-refractivity contribution in [3.63, 3.8) is 0 Å². The summed E-state index contributed by atoms with van der Waals surface area (Å²) in [5.41, 5.74) is 5.38. The van der Waals surface area contributed by atoms with Gasteiger partial charge in [0.25, 0.3) is 5.89 Å². The normalized spacial score (nSPS) is 16.0. The molecule has 1 aliphatic carbocycles. The van der Waals surface area contributed by atoms with E-state index in [-0.39, 0.29) is 12.4 Å². The Bertz CT molecular complexity index is 834. The number of carbonyl (C=O) groups excluding carboxylic acids is 3. The SMILES string of the molecule is CCCCCN(C(=O)c1nc2ccccc2o1)C(=O)C1(C(N)=O)CCCCC1. The molecule has 0 aliphatic heterocycles. The van der Waals surface area contributed by atoms with Gasteiger partial charge in [-0.1, -0.05) is 51.2 Å². The summed E-state index contributed by atoms with van der Waals surface area (Å²) in [5.74, 6) is -1.91. The molecule has 150 valence electrons. The number of hydrogen-bond donors (Lipinski definition) is 1. The number of benzene rings is 1. The molecule has 1 fully saturated rings. The molecule has 2 N–H and O–H groups in total. The summed E-state index contributed by atoms with van der Waals surface area (Å²) in [6.07, 6.45) is 5.68. The quantitative estimate of drug-likeness (QED) is 0.446. The van der Waals surface area contributed by atoms with Crippen molar-refractivity contribution in [2.24, 2.45) is 11.1 Å². The molecule has 1 aromatic carbocycles. The Balaban J connectivity index is 1.93. The van der Waals surface area contributed by atoms with Crippen LogP contribution in [0.25, 0.3) is 11.1 Å². The van der Waals surface area contributed by atoms with E-state index in [0.29, 0.717) is 30.4 Å². The number of imide groups is 1. The second-order valence-electron chi connectivity index (χ2n) is 7.46. The standard InChI is InChI=1S/C21H27N3O4/c1-2-3-9-14-24(20(27)21(19(22)26)12-7-4-8-13-21)18(25)17-23-15-10-5-6-11-16(15)28-17/h5-6,10-11H,2-4,7-9,12-14H2,1H3,(H2,22,26). The van der Waals surface area contributed by atoms with Gasteiger partial charge in [-0.2, -0.15) is 0 Å². The number of unbranched alkanes of at least 4 members (excludes halogenated alkanes) is 2. The van der Waals surface area contributed by atoms with Gasteiger partial charge in [-0.05, 0) is 31.4 Å². The number of fused-ring (bicyclic) bond motifs is 1. The summed E-state index contributed by atoms with van der Waals surface area (Å²) in [4.78, 5) is 44.2. The zero-order chi connectivity index (χ0) is 20.1. The molecular weight excluding hydrogens is 358 g/mol. The largest absolute Gasteiger partial charge is 0.432 e. The zero-order valence-corrected chi connectivity index (χ0v) is 16.3. The van der Waals surface area contributed by atoms with Crippen LogP contribution in [0.3, 0.4) is 0 Å². The molecule has 1 aromatic heterocycles. The summed E-state index contributed by atoms with van der Waals surface area (Å²) < 4.78 is 5.58. The number of carbonyl (C=O) groups is 3. The van der Waals surface area contributed by atoms with Gasteiger partial charge in [0.2, 0.25) is 11.8 Å². The Hall–Kier alpha value is -2.70. The lowest BCUT2D eigenvalue weighted by Crippen LogP contribution is -2.54. The second kappa shape index (κ2) is 8.54. The van der Waals surface area contributed by atoms with Gasteiger partial charge in [0.1, 0.15) is 10.9 Å². The van der Waals surface area contributed by atoms with Crippen molar-refractivity contribution in [1.29, 1.82) is 0 Å². The van der Waals surface area contributed by atoms with Crippen LogP contribution in [0.4, 0.5) is 0 Å². The number of rotatable bonds is 7. The van der Waals surface area contributed by atoms with Gasteiger partial charge in [-0.15, -0.1) is 0 Å². The van der Waals surface area contributed by atoms with Crippen LogP contribution in [0.2, 0.25) is 0 Å². The molecule has 3 rings (SSSR count). The molecule has 1 saturated carbocycles. The summed E-state index contributed by atoms with van der Waals surface area (Å²) in [6, 6.07) is 7.04. The second-order valence-corrected chi connectivity index (χ2v) is 7.46. The van der Waals surface area contributed by atoms with E-state index in [2.05, 4.69) is 4.98 Å². The molecule has 0 bridgehead atoms. The van der Waals surface area contributed by atoms with E-state index in [4.69, 9.17) is 10.2 Å². The lowest BCUT2D eigenvalue weighted by molar-refractivity contribution is -0.149. The molecule has 7 heteroatoms. The van der Waals surface area contributed by atoms with Crippen LogP contribution in [0.15, 0.2) is 28.7 Å². The third-order valence-corrected chi connectivity index (χ3v) is 5.54. The predicted molar refractivity (Wildman–Crippen MR) is 104 cm³/mol. The molecule has 0 radical (unpaired) electrons. The lowest BCUT2D eigenvalue weighted by Gasteiger charge is -2.36. The molecule has 0 spiro atoms. The highest BCUT2D eigenvalue weighted by molar-refractivity contribution is 6.12. The van der Waals surface area contributed by atoms with Gasteiger partial charge >= 0.3 is 5.91 Å². The molecule has 1 aliphatic rings. The topological polar surface area (TPSA) is 106 Å². The molecule has 2 aromatic rings. The summed E-state index contributed by atoms with van der Waals surface area (Å²) in [6.45, 7) is 2.26. The predicted octanol–water partition coefficient (Wildman–Crippen LogP) is 3.42. The Labute approximate surface area is 164 Å². The highest BCUT2D eigenvalue weighted by Crippen LogP contribution is 2.38. The summed E-state index contributed by atoms with van der Waals surface area (Å²) in [5, 5.41) is 0. The highest BCUT2D eigenvalue weighted by Gasteiger charge is 2.49. The average molecular weight is 385 g/mol. The first-order valence-electron chi connectivity index (χ1n) is 10.0.